The van der Waals surface area contributed by atoms with E-state index in [0.717, 1.165) is 25.1 Å². The molecule has 12 nitrogen and oxygen atoms in total. The number of benzene rings is 1. The number of alkyl halides is 4. The lowest BCUT2D eigenvalue weighted by atomic mass is 9.94. The van der Waals surface area contributed by atoms with Gasteiger partial charge in [-0.05, 0) is 44.4 Å². The van der Waals surface area contributed by atoms with Crippen LogP contribution >= 0.6 is 11.6 Å². The molecule has 4 aliphatic rings. The van der Waals surface area contributed by atoms with Gasteiger partial charge in [0.25, 0.3) is 5.91 Å². The zero-order chi connectivity index (χ0) is 37.3. The van der Waals surface area contributed by atoms with E-state index in [1.54, 1.807) is 18.8 Å². The molecule has 2 N–H and O–H groups in total. The topological polar surface area (TPSA) is 124 Å². The van der Waals surface area contributed by atoms with Crippen molar-refractivity contribution in [2.45, 2.75) is 76.3 Å². The number of ether oxygens (including phenoxy) is 3. The number of aryl methyl sites for hydroxylation is 1. The molecule has 6 heterocycles. The first-order chi connectivity index (χ1) is 24.8. The van der Waals surface area contributed by atoms with Gasteiger partial charge < -0.3 is 29.7 Å². The second kappa shape index (κ2) is 15.7. The average Bonchev–Trinajstić information content (AvgIpc) is 3.74. The third kappa shape index (κ3) is 7.77. The SMILES string of the molecule is COCCN(C)C(=O)c1nn2c(c1Cl)CN(c1nc(OC)nc3c1COC(c1c(C(F)(F)F)ccc(N)c1F)C3)CCC2.FC1CC2CCCN2C1. The molecule has 0 aliphatic carbocycles. The first-order valence-electron chi connectivity index (χ1n) is 17.1. The number of nitrogens with two attached hydrogens (primary N) is 1. The number of nitrogen functional groups attached to an aromatic ring is 1. The van der Waals surface area contributed by atoms with Crippen molar-refractivity contribution >= 4 is 29.0 Å². The fraction of sp³-hybridized carbons (Fsp3) is 0.588. The molecule has 18 heteroatoms. The van der Waals surface area contributed by atoms with Crippen molar-refractivity contribution < 1.29 is 41.0 Å². The highest BCUT2D eigenvalue weighted by Gasteiger charge is 2.40. The van der Waals surface area contributed by atoms with E-state index in [1.165, 1.54) is 24.9 Å². The number of fused-ring (bicyclic) bond motifs is 3. The van der Waals surface area contributed by atoms with Gasteiger partial charge >= 0.3 is 12.2 Å². The fourth-order valence-electron chi connectivity index (χ4n) is 7.28. The van der Waals surface area contributed by atoms with Gasteiger partial charge in [0.05, 0.1) is 60.6 Å². The van der Waals surface area contributed by atoms with Crippen molar-refractivity contribution in [1.82, 2.24) is 29.5 Å². The summed E-state index contributed by atoms with van der Waals surface area (Å²) in [5.41, 5.74) is 4.97. The Hall–Kier alpha value is -3.80. The summed E-state index contributed by atoms with van der Waals surface area (Å²) >= 11 is 6.70. The molecule has 0 saturated carbocycles. The Morgan fingerprint density at radius 3 is 2.67 bits per heavy atom. The van der Waals surface area contributed by atoms with Crippen LogP contribution in [0.1, 0.15) is 70.4 Å². The zero-order valence-electron chi connectivity index (χ0n) is 29.2. The summed E-state index contributed by atoms with van der Waals surface area (Å²) in [6.07, 6.45) is -2.87. The van der Waals surface area contributed by atoms with Gasteiger partial charge in [-0.15, -0.1) is 0 Å². The molecule has 0 bridgehead atoms. The van der Waals surface area contributed by atoms with Crippen molar-refractivity contribution in [3.05, 3.63) is 56.7 Å². The Kier molecular flexibility index (Phi) is 11.4. The number of hydrogen-bond donors (Lipinski definition) is 1. The Bertz CT molecular complexity index is 1770. The second-order valence-electron chi connectivity index (χ2n) is 13.3. The van der Waals surface area contributed by atoms with Gasteiger partial charge in [-0.3, -0.25) is 14.4 Å². The first kappa shape index (κ1) is 37.9. The van der Waals surface area contributed by atoms with Crippen molar-refractivity contribution in [2.75, 3.05) is 64.7 Å². The molecule has 3 aromatic rings. The maximum absolute atomic E-state index is 15.0. The molecule has 52 heavy (non-hydrogen) atoms. The molecule has 7 rings (SSSR count). The first-order valence-corrected chi connectivity index (χ1v) is 17.5. The third-order valence-corrected chi connectivity index (χ3v) is 10.3. The molecular formula is C34H42ClF5N8O4. The van der Waals surface area contributed by atoms with Crippen LogP contribution in [-0.4, -0.2) is 102 Å². The highest BCUT2D eigenvalue weighted by atomic mass is 35.5. The normalized spacial score (nSPS) is 21.5. The molecule has 2 fully saturated rings. The van der Waals surface area contributed by atoms with Gasteiger partial charge in [0.1, 0.15) is 12.0 Å². The minimum atomic E-state index is -4.82. The van der Waals surface area contributed by atoms with Crippen LogP contribution in [0.5, 0.6) is 6.01 Å². The van der Waals surface area contributed by atoms with Crippen LogP contribution in [0.25, 0.3) is 0 Å². The van der Waals surface area contributed by atoms with Crippen LogP contribution in [0.2, 0.25) is 5.02 Å². The van der Waals surface area contributed by atoms with Crippen LogP contribution < -0.4 is 15.4 Å². The standard InChI is InChI=1S/C27H30ClF4N7O4.C7H12FN/c1-37(9-10-41-2)25(40)23-21(28)18-12-38(7-4-8-39(18)36-23)24-14-13-43-19(11-17(14)34-26(35-24)42-3)20-15(27(30,31)32)5-6-16(33)22(20)29;8-6-4-7-2-1-3-9(7)5-6/h5-6,19H,4,7-13,33H2,1-3H3;6-7H,1-5H2. The van der Waals surface area contributed by atoms with E-state index in [9.17, 15) is 22.4 Å². The van der Waals surface area contributed by atoms with Crippen LogP contribution in [-0.2, 0) is 41.8 Å². The van der Waals surface area contributed by atoms with E-state index in [2.05, 4.69) is 20.0 Å². The summed E-state index contributed by atoms with van der Waals surface area (Å²) in [4.78, 5) is 27.6. The molecule has 1 amide bonds. The van der Waals surface area contributed by atoms with Crippen molar-refractivity contribution in [3.63, 3.8) is 0 Å². The van der Waals surface area contributed by atoms with E-state index in [1.807, 2.05) is 4.90 Å². The summed E-state index contributed by atoms with van der Waals surface area (Å²) in [5, 5.41) is 4.69. The largest absolute Gasteiger partial charge is 0.467 e. The quantitative estimate of drug-likeness (QED) is 0.254. The highest BCUT2D eigenvalue weighted by molar-refractivity contribution is 6.34. The van der Waals surface area contributed by atoms with E-state index < -0.39 is 41.1 Å². The maximum atomic E-state index is 15.0. The molecule has 4 aliphatic heterocycles. The monoisotopic (exact) mass is 756 g/mol. The number of aromatic nitrogens is 4. The van der Waals surface area contributed by atoms with Crippen molar-refractivity contribution in [3.8, 4) is 6.01 Å². The smallest absolute Gasteiger partial charge is 0.416 e. The zero-order valence-corrected chi connectivity index (χ0v) is 29.9. The molecule has 1 aromatic carbocycles. The number of halogens is 6. The molecule has 2 saturated heterocycles. The average molecular weight is 757 g/mol. The second-order valence-corrected chi connectivity index (χ2v) is 13.7. The van der Waals surface area contributed by atoms with E-state index in [4.69, 9.17) is 31.5 Å². The lowest BCUT2D eigenvalue weighted by Gasteiger charge is -2.31. The number of anilines is 2. The van der Waals surface area contributed by atoms with Gasteiger partial charge in [-0.1, -0.05) is 11.6 Å². The number of carbonyl (C=O) groups is 1. The minimum Gasteiger partial charge on any atom is -0.467 e. The lowest BCUT2D eigenvalue weighted by molar-refractivity contribution is -0.140. The number of likely N-dealkylation sites (N-methyl/N-ethyl adjacent to an activating group) is 1. The lowest BCUT2D eigenvalue weighted by Crippen LogP contribution is -2.31. The van der Waals surface area contributed by atoms with Crippen LogP contribution in [0.3, 0.4) is 0 Å². The molecule has 0 radical (unpaired) electrons. The van der Waals surface area contributed by atoms with Crippen LogP contribution in [0, 0.1) is 5.82 Å². The Labute approximate surface area is 302 Å². The number of hydrogen-bond acceptors (Lipinski definition) is 10. The predicted octanol–water partition coefficient (Wildman–Crippen LogP) is 5.21. The Morgan fingerprint density at radius 2 is 1.96 bits per heavy atom. The van der Waals surface area contributed by atoms with E-state index in [-0.39, 0.29) is 42.2 Å². The minimum absolute atomic E-state index is 0.0158. The van der Waals surface area contributed by atoms with Gasteiger partial charge in [-0.25, -0.2) is 8.78 Å². The number of methoxy groups -OCH3 is 2. The Balaban J connectivity index is 0.000000444. The number of amides is 1. The Morgan fingerprint density at radius 1 is 1.17 bits per heavy atom. The number of nitrogens with zero attached hydrogens (tertiary/aromatic N) is 7. The summed E-state index contributed by atoms with van der Waals surface area (Å²) in [7, 11) is 4.54. The molecule has 3 unspecified atom stereocenters. The summed E-state index contributed by atoms with van der Waals surface area (Å²) in [5.74, 6) is -1.10. The fourth-order valence-corrected chi connectivity index (χ4v) is 7.55. The van der Waals surface area contributed by atoms with Gasteiger partial charge in [0, 0.05) is 63.9 Å². The summed E-state index contributed by atoms with van der Waals surface area (Å²) < 4.78 is 87.0. The molecule has 284 valence electrons. The van der Waals surface area contributed by atoms with E-state index in [0.29, 0.717) is 68.0 Å². The van der Waals surface area contributed by atoms with Crippen molar-refractivity contribution in [1.29, 1.82) is 0 Å². The molecular weight excluding hydrogens is 715 g/mol. The molecule has 0 spiro atoms. The van der Waals surface area contributed by atoms with Crippen LogP contribution in [0.15, 0.2) is 12.1 Å². The van der Waals surface area contributed by atoms with E-state index >= 15 is 4.39 Å². The number of carbonyl (C=O) groups excluding carboxylic acids is 1. The number of rotatable bonds is 7. The van der Waals surface area contributed by atoms with Gasteiger partial charge in [0.2, 0.25) is 0 Å². The summed E-state index contributed by atoms with van der Waals surface area (Å²) in [6.45, 7) is 3.59. The predicted molar refractivity (Wildman–Crippen MR) is 181 cm³/mol. The van der Waals surface area contributed by atoms with Crippen LogP contribution in [0.4, 0.5) is 33.5 Å². The molecule has 3 atom stereocenters. The summed E-state index contributed by atoms with van der Waals surface area (Å²) in [6, 6.07) is 2.22. The van der Waals surface area contributed by atoms with Gasteiger partial charge in [0.15, 0.2) is 11.5 Å². The molecule has 2 aromatic heterocycles. The highest BCUT2D eigenvalue weighted by Crippen LogP contribution is 2.43. The van der Waals surface area contributed by atoms with Crippen molar-refractivity contribution in [2.24, 2.45) is 0 Å². The maximum Gasteiger partial charge on any atom is 0.416 e. The third-order valence-electron chi connectivity index (χ3n) is 9.95. The van der Waals surface area contributed by atoms with Gasteiger partial charge in [-0.2, -0.15) is 28.2 Å².